The van der Waals surface area contributed by atoms with Crippen LogP contribution in [0.15, 0.2) is 18.7 Å². The van der Waals surface area contributed by atoms with Crippen molar-refractivity contribution in [3.63, 3.8) is 0 Å². The summed E-state index contributed by atoms with van der Waals surface area (Å²) in [5.41, 5.74) is 5.07. The Hall–Kier alpha value is -0.550. The van der Waals surface area contributed by atoms with Crippen LogP contribution in [0.4, 0.5) is 0 Å². The normalized spacial score (nSPS) is 15.5. The van der Waals surface area contributed by atoms with E-state index in [2.05, 4.69) is 21.8 Å². The molecule has 7 heteroatoms. The molecule has 0 aliphatic heterocycles. The van der Waals surface area contributed by atoms with E-state index in [1.807, 2.05) is 0 Å². The Morgan fingerprint density at radius 1 is 1.55 bits per heavy atom. The van der Waals surface area contributed by atoms with E-state index >= 15 is 0 Å². The SMILES string of the molecule is NP(O)(=S)Oc1cncnc1. The van der Waals surface area contributed by atoms with Crippen molar-refractivity contribution in [2.45, 2.75) is 0 Å². The highest BCUT2D eigenvalue weighted by molar-refractivity contribution is 8.08. The summed E-state index contributed by atoms with van der Waals surface area (Å²) in [4.78, 5) is 16.2. The number of rotatable bonds is 2. The molecule has 0 spiro atoms. The Bertz CT molecular complexity index is 274. The Morgan fingerprint density at radius 3 is 2.55 bits per heavy atom. The van der Waals surface area contributed by atoms with Crippen LogP contribution in [0, 0.1) is 0 Å². The molecule has 1 unspecified atom stereocenters. The second-order valence-electron chi connectivity index (χ2n) is 1.73. The molecule has 60 valence electrons. The molecule has 1 aromatic heterocycles. The van der Waals surface area contributed by atoms with Crippen LogP contribution in [0.25, 0.3) is 0 Å². The zero-order chi connectivity index (χ0) is 8.32. The Labute approximate surface area is 68.5 Å². The van der Waals surface area contributed by atoms with Crippen LogP contribution in [0.3, 0.4) is 0 Å². The van der Waals surface area contributed by atoms with E-state index in [9.17, 15) is 0 Å². The van der Waals surface area contributed by atoms with E-state index in [1.54, 1.807) is 0 Å². The van der Waals surface area contributed by atoms with Crippen molar-refractivity contribution in [3.8, 4) is 5.75 Å². The van der Waals surface area contributed by atoms with E-state index in [0.717, 1.165) is 0 Å². The molecule has 0 aromatic carbocycles. The van der Waals surface area contributed by atoms with Gasteiger partial charge in [-0.05, 0) is 11.8 Å². The average Bonchev–Trinajstić information content (AvgIpc) is 1.85. The first kappa shape index (κ1) is 8.55. The third-order valence-electron chi connectivity index (χ3n) is 0.773. The van der Waals surface area contributed by atoms with Gasteiger partial charge in [-0.15, -0.1) is 0 Å². The van der Waals surface area contributed by atoms with Crippen LogP contribution in [0.5, 0.6) is 5.75 Å². The molecule has 0 saturated heterocycles. The van der Waals surface area contributed by atoms with Crippen LogP contribution in [-0.2, 0) is 11.8 Å². The second kappa shape index (κ2) is 3.23. The predicted octanol–water partition coefficient (Wildman–Crippen LogP) is 0.0309. The molecular formula is C4H6N3O2PS. The fraction of sp³-hybridized carbons (Fsp3) is 0. The van der Waals surface area contributed by atoms with E-state index in [4.69, 9.17) is 14.9 Å². The van der Waals surface area contributed by atoms with Gasteiger partial charge in [0.1, 0.15) is 6.33 Å². The van der Waals surface area contributed by atoms with Gasteiger partial charge in [0.2, 0.25) is 0 Å². The van der Waals surface area contributed by atoms with Crippen molar-refractivity contribution in [2.75, 3.05) is 0 Å². The molecule has 1 rings (SSSR count). The van der Waals surface area contributed by atoms with Gasteiger partial charge < -0.3 is 9.42 Å². The lowest BCUT2D eigenvalue weighted by Gasteiger charge is -2.09. The van der Waals surface area contributed by atoms with E-state index in [-0.39, 0.29) is 5.75 Å². The number of aromatic nitrogens is 2. The predicted molar refractivity (Wildman–Crippen MR) is 43.4 cm³/mol. The quantitative estimate of drug-likeness (QED) is 0.642. The van der Waals surface area contributed by atoms with Crippen LogP contribution in [0.1, 0.15) is 0 Å². The number of hydrogen-bond acceptors (Lipinski definition) is 4. The summed E-state index contributed by atoms with van der Waals surface area (Å²) in [6.45, 7) is -3.13. The van der Waals surface area contributed by atoms with Gasteiger partial charge in [0, 0.05) is 0 Å². The standard InChI is InChI=1S/C4H6N3O2PS/c5-10(8,11)9-4-1-6-3-7-2-4/h1-3H,(H3,5,8,11). The summed E-state index contributed by atoms with van der Waals surface area (Å²) < 4.78 is 4.74. The van der Waals surface area contributed by atoms with Crippen molar-refractivity contribution in [1.29, 1.82) is 0 Å². The fourth-order valence-corrected chi connectivity index (χ4v) is 1.14. The maximum Gasteiger partial charge on any atom is 0.307 e. The third kappa shape index (κ3) is 3.38. The smallest absolute Gasteiger partial charge is 0.307 e. The number of nitrogens with zero attached hydrogens (tertiary/aromatic N) is 2. The molecule has 1 atom stereocenters. The highest BCUT2D eigenvalue weighted by atomic mass is 32.5. The maximum atomic E-state index is 8.90. The van der Waals surface area contributed by atoms with Crippen molar-refractivity contribution in [1.82, 2.24) is 9.97 Å². The lowest BCUT2D eigenvalue weighted by atomic mass is 10.6. The summed E-state index contributed by atoms with van der Waals surface area (Å²) in [5, 5.41) is 0. The summed E-state index contributed by atoms with van der Waals surface area (Å²) in [6.07, 6.45) is 4.08. The van der Waals surface area contributed by atoms with E-state index < -0.39 is 6.64 Å². The zero-order valence-corrected chi connectivity index (χ0v) is 7.13. The monoisotopic (exact) mass is 191 g/mol. The van der Waals surface area contributed by atoms with Crippen molar-refractivity contribution in [3.05, 3.63) is 18.7 Å². The van der Waals surface area contributed by atoms with Gasteiger partial charge in [-0.3, -0.25) is 0 Å². The summed E-state index contributed by atoms with van der Waals surface area (Å²) in [6, 6.07) is 0. The van der Waals surface area contributed by atoms with Gasteiger partial charge in [0.25, 0.3) is 0 Å². The van der Waals surface area contributed by atoms with Gasteiger partial charge in [-0.2, -0.15) is 0 Å². The van der Waals surface area contributed by atoms with Crippen molar-refractivity contribution >= 4 is 18.4 Å². The number of nitrogens with two attached hydrogens (primary N) is 1. The Balaban J connectivity index is 2.74. The molecule has 0 amide bonds. The molecule has 0 aliphatic carbocycles. The van der Waals surface area contributed by atoms with Crippen molar-refractivity contribution < 1.29 is 9.42 Å². The van der Waals surface area contributed by atoms with Gasteiger partial charge in [-0.1, -0.05) is 0 Å². The minimum Gasteiger partial charge on any atom is -0.430 e. The van der Waals surface area contributed by atoms with E-state index in [0.29, 0.717) is 0 Å². The Morgan fingerprint density at radius 2 is 2.09 bits per heavy atom. The highest BCUT2D eigenvalue weighted by Gasteiger charge is 2.06. The van der Waals surface area contributed by atoms with Crippen molar-refractivity contribution in [2.24, 2.45) is 5.50 Å². The largest absolute Gasteiger partial charge is 0.430 e. The molecule has 0 fully saturated rings. The molecule has 1 heterocycles. The Kier molecular flexibility index (Phi) is 2.51. The van der Waals surface area contributed by atoms with Gasteiger partial charge >= 0.3 is 6.64 Å². The average molecular weight is 191 g/mol. The molecule has 11 heavy (non-hydrogen) atoms. The first-order chi connectivity index (χ1) is 5.08. The lowest BCUT2D eigenvalue weighted by Crippen LogP contribution is -2.00. The molecule has 0 radical (unpaired) electrons. The molecule has 0 aliphatic rings. The maximum absolute atomic E-state index is 8.90. The zero-order valence-electron chi connectivity index (χ0n) is 5.41. The third-order valence-corrected chi connectivity index (χ3v) is 1.47. The minimum absolute atomic E-state index is 0.279. The van der Waals surface area contributed by atoms with Crippen LogP contribution in [-0.4, -0.2) is 14.9 Å². The summed E-state index contributed by atoms with van der Waals surface area (Å²) in [5.74, 6) is 0.279. The lowest BCUT2D eigenvalue weighted by molar-refractivity contribution is 0.481. The molecular weight excluding hydrogens is 185 g/mol. The van der Waals surface area contributed by atoms with Crippen LogP contribution < -0.4 is 10.0 Å². The second-order valence-corrected chi connectivity index (χ2v) is 4.61. The molecule has 0 saturated carbocycles. The minimum atomic E-state index is -3.13. The van der Waals surface area contributed by atoms with Gasteiger partial charge in [0.15, 0.2) is 5.75 Å². The number of hydrogen-bond donors (Lipinski definition) is 2. The summed E-state index contributed by atoms with van der Waals surface area (Å²) in [7, 11) is 0. The topological polar surface area (TPSA) is 81.3 Å². The fourth-order valence-electron chi connectivity index (χ4n) is 0.484. The van der Waals surface area contributed by atoms with Crippen LogP contribution >= 0.6 is 6.64 Å². The van der Waals surface area contributed by atoms with Gasteiger partial charge in [-0.25, -0.2) is 15.5 Å². The molecule has 1 aromatic rings. The first-order valence-electron chi connectivity index (χ1n) is 2.64. The molecule has 0 bridgehead atoms. The first-order valence-corrected chi connectivity index (χ1v) is 5.38. The highest BCUT2D eigenvalue weighted by Crippen LogP contribution is 2.32. The van der Waals surface area contributed by atoms with Gasteiger partial charge in [0.05, 0.1) is 12.4 Å². The molecule has 3 N–H and O–H groups in total. The summed E-state index contributed by atoms with van der Waals surface area (Å²) >= 11 is 4.43. The molecule has 5 nitrogen and oxygen atoms in total. The van der Waals surface area contributed by atoms with E-state index in [1.165, 1.54) is 18.7 Å². The van der Waals surface area contributed by atoms with Crippen LogP contribution in [0.2, 0.25) is 0 Å².